The van der Waals surface area contributed by atoms with Gasteiger partial charge in [0.25, 0.3) is 52.4 Å². The molecule has 136 heavy (non-hydrogen) atoms. The van der Waals surface area contributed by atoms with Gasteiger partial charge >= 0.3 is 0 Å². The third-order valence-electron chi connectivity index (χ3n) is 32.1. The van der Waals surface area contributed by atoms with Crippen LogP contribution in [0.2, 0.25) is 0 Å². The zero-order valence-electron chi connectivity index (χ0n) is 72.9. The molecular weight excluding hydrogens is 1670 g/mol. The highest BCUT2D eigenvalue weighted by Crippen LogP contribution is 2.58. The SMILES string of the molecule is CC12n3c4c5c6ccccc6c6ccccc6c5c3N=c3c5c6ccccc6c6ccccc6c5c(n31)=NC1=[N+]2C(=N4)c2c1c1ccccc1c1ccccc21.CC12n3c4c5ccc6ccccc6c5c3N=c3c5c(ccc6ccccc65)c(n31)=NC1=[N+]2C(=N4)c2ccccc21.C[C@@]12n3c4c5ccc6ccccc6c5c3N=c3c5ccc6ccccc6c5c(n31)=NC1=[N+]2C(=N4)c2ccccc21. The van der Waals surface area contributed by atoms with Crippen LogP contribution < -0.4 is 32.9 Å². The molecule has 0 fully saturated rings. The number of aromatic nitrogens is 6. The van der Waals surface area contributed by atoms with Crippen molar-refractivity contribution in [3.8, 4) is 0 Å². The van der Waals surface area contributed by atoms with E-state index in [2.05, 4.69) is 402 Å². The van der Waals surface area contributed by atoms with Crippen LogP contribution in [0.5, 0.6) is 0 Å². The van der Waals surface area contributed by atoms with Crippen molar-refractivity contribution in [1.29, 1.82) is 0 Å². The number of nitrogens with zero attached hydrogens (tertiary/aromatic N) is 18. The molecule has 19 aromatic carbocycles. The van der Waals surface area contributed by atoms with Crippen LogP contribution in [0.4, 0.5) is 34.9 Å². The second-order valence-corrected chi connectivity index (χ2v) is 38.2. The van der Waals surface area contributed by atoms with E-state index in [1.54, 1.807) is 0 Å². The molecule has 0 bridgehead atoms. The van der Waals surface area contributed by atoms with Gasteiger partial charge in [0.15, 0.2) is 28.4 Å². The van der Waals surface area contributed by atoms with Crippen LogP contribution in [0.1, 0.15) is 54.2 Å². The van der Waals surface area contributed by atoms with Crippen molar-refractivity contribution in [2.24, 2.45) is 44.9 Å². The Balaban J connectivity index is 0.0000000905. The van der Waals surface area contributed by atoms with Gasteiger partial charge in [-0.25, -0.2) is 42.4 Å². The lowest BCUT2D eigenvalue weighted by Gasteiger charge is -2.39. The quantitative estimate of drug-likeness (QED) is 0.105. The molecule has 624 valence electrons. The maximum absolute atomic E-state index is 5.85. The molecule has 37 rings (SSSR count). The highest BCUT2D eigenvalue weighted by Gasteiger charge is 2.62. The lowest BCUT2D eigenvalue weighted by Crippen LogP contribution is -2.62. The molecule has 3 atom stereocenters. The lowest BCUT2D eigenvalue weighted by atomic mass is 9.92. The maximum atomic E-state index is 5.85. The maximum Gasteiger partial charge on any atom is 0.277 e. The van der Waals surface area contributed by atoms with Gasteiger partial charge in [0.1, 0.15) is 5.49 Å². The minimum atomic E-state index is -0.811. The second-order valence-electron chi connectivity index (χ2n) is 38.2. The van der Waals surface area contributed by atoms with Crippen LogP contribution in [-0.4, -0.2) is 76.1 Å². The van der Waals surface area contributed by atoms with Crippen molar-refractivity contribution in [2.45, 2.75) is 38.1 Å². The van der Waals surface area contributed by atoms with Crippen LogP contribution in [0.15, 0.2) is 385 Å². The Labute approximate surface area is 767 Å². The van der Waals surface area contributed by atoms with Gasteiger partial charge in [0.2, 0.25) is 33.9 Å². The zero-order chi connectivity index (χ0) is 88.0. The minimum Gasteiger partial charge on any atom is -0.240 e. The molecular formula is C118H65N18+3. The van der Waals surface area contributed by atoms with Gasteiger partial charge in [-0.3, -0.25) is 0 Å². The third-order valence-corrected chi connectivity index (χ3v) is 32.1. The summed E-state index contributed by atoms with van der Waals surface area (Å²) >= 11 is 0. The monoisotopic (exact) mass is 1730 g/mol. The molecule has 6 aromatic heterocycles. The van der Waals surface area contributed by atoms with E-state index in [9.17, 15) is 0 Å². The Bertz CT molecular complexity index is 11200. The first kappa shape index (κ1) is 69.8. The predicted molar refractivity (Wildman–Crippen MR) is 541 cm³/mol. The summed E-state index contributed by atoms with van der Waals surface area (Å²) in [5, 5.41) is 37.7. The van der Waals surface area contributed by atoms with Gasteiger partial charge < -0.3 is 0 Å². The van der Waals surface area contributed by atoms with Crippen molar-refractivity contribution in [1.82, 2.24) is 27.4 Å². The smallest absolute Gasteiger partial charge is 0.240 e. The molecule has 18 heterocycles. The van der Waals surface area contributed by atoms with Gasteiger partial charge in [-0.2, -0.15) is 13.7 Å². The molecule has 0 spiro atoms. The van der Waals surface area contributed by atoms with Gasteiger partial charge in [-0.05, 0) is 156 Å². The largest absolute Gasteiger partial charge is 0.277 e. The fourth-order valence-corrected chi connectivity index (χ4v) is 26.7. The Hall–Kier alpha value is -18.2. The van der Waals surface area contributed by atoms with Crippen molar-refractivity contribution in [3.05, 3.63) is 406 Å². The van der Waals surface area contributed by atoms with E-state index in [1.807, 2.05) is 0 Å². The fraction of sp³-hybridized carbons (Fsp3) is 0.0508. The van der Waals surface area contributed by atoms with Crippen molar-refractivity contribution in [3.63, 3.8) is 0 Å². The van der Waals surface area contributed by atoms with E-state index in [-0.39, 0.29) is 0 Å². The highest BCUT2D eigenvalue weighted by atomic mass is 15.6. The van der Waals surface area contributed by atoms with Crippen LogP contribution in [0.25, 0.3) is 172 Å². The summed E-state index contributed by atoms with van der Waals surface area (Å²) in [6.45, 7) is 6.98. The van der Waals surface area contributed by atoms with Crippen LogP contribution >= 0.6 is 0 Å². The Morgan fingerprint density at radius 3 is 0.875 bits per heavy atom. The molecule has 12 aliphatic heterocycles. The third kappa shape index (κ3) is 7.62. The number of fused-ring (bicyclic) bond motifs is 50. The second kappa shape index (κ2) is 23.2. The lowest BCUT2D eigenvalue weighted by molar-refractivity contribution is -0.550. The summed E-state index contributed by atoms with van der Waals surface area (Å²) in [5.74, 6) is 9.24. The highest BCUT2D eigenvalue weighted by molar-refractivity contribution is 6.36. The number of amidine groups is 6. The number of aliphatic imine (C=N–C) groups is 3. The minimum absolute atomic E-state index is 0.648. The van der Waals surface area contributed by atoms with Crippen LogP contribution in [0.3, 0.4) is 0 Å². The van der Waals surface area contributed by atoms with E-state index in [0.717, 1.165) is 201 Å². The summed E-state index contributed by atoms with van der Waals surface area (Å²) in [6, 6.07) is 122. The first-order valence-electron chi connectivity index (χ1n) is 46.6. The van der Waals surface area contributed by atoms with Gasteiger partial charge in [0.05, 0.1) is 49.5 Å². The van der Waals surface area contributed by atoms with Crippen LogP contribution in [0, 0.1) is 0 Å². The first-order chi connectivity index (χ1) is 67.2. The Morgan fingerprint density at radius 2 is 0.434 bits per heavy atom. The van der Waals surface area contributed by atoms with Crippen molar-refractivity contribution >= 4 is 242 Å². The standard InChI is InChI=1S/C50H27N6.2C34H19N6/c1-50-54-44-38-32-20-8-2-14-26(32)27-15-3-9-21-33(27)39(38)45(54)52-47-42-36-24-12-6-18-30(36)31-19-7-13-25-37(31)43(42)49(56(47)50)53-48-41-35-23-11-5-17-29(35)28-16-4-10-22-34(28)40(41)46(51-44)55(48)50;1-34-38-28-22-12-6-7-13-23(22)29(38)36-32-27-21-11-5-3-9-19(21)15-17-25(27)31(40(32)34)37-33-26-20-10-4-2-8-18(20)14-16-24(26)30(35-28)39(33)34;1-34-38-28-22-12-6-7-13-23(22)29(38)36-31-25-17-15-19-9-3-5-11-21(19)27(25)33(40(31)34)37-32-26-20-10-4-2-8-18(20)14-16-24(26)30(35-28)39(32)34/h2-25H,1H3;2*2-17H,1H3/q3*+1/t;34-;/m.1./s1. The summed E-state index contributed by atoms with van der Waals surface area (Å²) in [7, 11) is 0. The van der Waals surface area contributed by atoms with E-state index in [1.165, 1.54) is 108 Å². The molecule has 18 nitrogen and oxygen atoms in total. The average molecular weight is 1730 g/mol. The van der Waals surface area contributed by atoms with Crippen LogP contribution in [-0.2, 0) is 17.4 Å². The average Bonchev–Trinajstić information content (AvgIpc) is 1.48. The summed E-state index contributed by atoms with van der Waals surface area (Å²) < 4.78 is 21.4. The molecule has 0 radical (unpaired) electrons. The van der Waals surface area contributed by atoms with Crippen molar-refractivity contribution < 1.29 is 13.7 Å². The predicted octanol–water partition coefficient (Wildman–Crippen LogP) is 22.1. The molecule has 18 heteroatoms. The molecule has 25 aromatic rings. The Kier molecular flexibility index (Phi) is 11.9. The van der Waals surface area contributed by atoms with E-state index in [4.69, 9.17) is 44.9 Å². The summed E-state index contributed by atoms with van der Waals surface area (Å²) in [6.07, 6.45) is 0. The van der Waals surface area contributed by atoms with E-state index in [0.29, 0.717) is 0 Å². The number of benzene rings is 19. The van der Waals surface area contributed by atoms with Crippen molar-refractivity contribution in [2.75, 3.05) is 0 Å². The van der Waals surface area contributed by atoms with Gasteiger partial charge in [-0.15, -0.1) is 0 Å². The molecule has 0 amide bonds. The fourth-order valence-electron chi connectivity index (χ4n) is 26.7. The molecule has 0 saturated heterocycles. The topological polar surface area (TPSA) is 150 Å². The molecule has 12 aliphatic rings. The molecule has 0 aliphatic carbocycles. The van der Waals surface area contributed by atoms with E-state index < -0.39 is 17.4 Å². The zero-order valence-corrected chi connectivity index (χ0v) is 72.9. The summed E-state index contributed by atoms with van der Waals surface area (Å²) in [5.41, 5.74) is 12.4. The number of hydrogen-bond acceptors (Lipinski definition) is 9. The first-order valence-corrected chi connectivity index (χ1v) is 46.6. The summed E-state index contributed by atoms with van der Waals surface area (Å²) in [4.78, 5) is 50.2. The normalized spacial score (nSPS) is 18.4. The van der Waals surface area contributed by atoms with E-state index >= 15 is 0 Å². The molecule has 0 N–H and O–H groups in total. The number of rotatable bonds is 0. The van der Waals surface area contributed by atoms with Gasteiger partial charge in [-0.1, -0.05) is 321 Å². The number of hydrogen-bond donors (Lipinski definition) is 0. The molecule has 2 unspecified atom stereocenters. The Morgan fingerprint density at radius 1 is 0.169 bits per heavy atom. The molecule has 0 saturated carbocycles. The van der Waals surface area contributed by atoms with Gasteiger partial charge in [0, 0.05) is 69.2 Å².